The molecule has 1 nitrogen and oxygen atoms in total. The molecule has 17 heavy (non-hydrogen) atoms. The molecule has 0 saturated carbocycles. The molecular formula is C15H20IrN-. The van der Waals surface area contributed by atoms with Gasteiger partial charge in [0, 0.05) is 25.6 Å². The zero-order chi connectivity index (χ0) is 11.8. The van der Waals surface area contributed by atoms with Gasteiger partial charge in [0.25, 0.3) is 0 Å². The van der Waals surface area contributed by atoms with Crippen molar-refractivity contribution in [2.24, 2.45) is 10.4 Å². The maximum Gasteiger partial charge on any atom is 0.0449 e. The second kappa shape index (κ2) is 5.04. The summed E-state index contributed by atoms with van der Waals surface area (Å²) in [6.45, 7) is 8.99. The van der Waals surface area contributed by atoms with Crippen molar-refractivity contribution in [3.05, 3.63) is 35.9 Å². The molecule has 2 heteroatoms. The Hall–Kier alpha value is -0.461. The molecule has 0 fully saturated rings. The maximum absolute atomic E-state index is 4.92. The van der Waals surface area contributed by atoms with E-state index < -0.39 is 0 Å². The van der Waals surface area contributed by atoms with Crippen LogP contribution < -0.4 is 0 Å². The third-order valence-corrected chi connectivity index (χ3v) is 3.38. The van der Waals surface area contributed by atoms with Gasteiger partial charge in [0.2, 0.25) is 0 Å². The second-order valence-electron chi connectivity index (χ2n) is 5.93. The molecule has 0 spiro atoms. The topological polar surface area (TPSA) is 12.4 Å². The van der Waals surface area contributed by atoms with Crippen LogP contribution >= 0.6 is 0 Å². The zero-order valence-corrected chi connectivity index (χ0v) is 13.4. The largest absolute Gasteiger partial charge is 0.331 e. The summed E-state index contributed by atoms with van der Waals surface area (Å²) >= 11 is 0. The Bertz CT molecular complexity index is 404. The van der Waals surface area contributed by atoms with E-state index in [0.29, 0.717) is 0 Å². The molecule has 1 aliphatic rings. The first-order chi connectivity index (χ1) is 7.41. The van der Waals surface area contributed by atoms with Crippen LogP contribution in [-0.4, -0.2) is 11.3 Å². The van der Waals surface area contributed by atoms with Gasteiger partial charge in [0.15, 0.2) is 0 Å². The van der Waals surface area contributed by atoms with E-state index in [2.05, 4.69) is 45.9 Å². The fraction of sp³-hybridized carbons (Fsp3) is 0.533. The molecule has 0 atom stereocenters. The van der Waals surface area contributed by atoms with Crippen molar-refractivity contribution in [3.8, 4) is 0 Å². The Morgan fingerprint density at radius 1 is 1.12 bits per heavy atom. The van der Waals surface area contributed by atoms with E-state index >= 15 is 0 Å². The van der Waals surface area contributed by atoms with Gasteiger partial charge in [0.05, 0.1) is 0 Å². The van der Waals surface area contributed by atoms with Crippen LogP contribution in [0.25, 0.3) is 0 Å². The molecule has 0 unspecified atom stereocenters. The van der Waals surface area contributed by atoms with Gasteiger partial charge in [-0.3, -0.25) is 0 Å². The van der Waals surface area contributed by atoms with Crippen LogP contribution in [0.2, 0.25) is 0 Å². The summed E-state index contributed by atoms with van der Waals surface area (Å²) in [6, 6.07) is 11.4. The van der Waals surface area contributed by atoms with Crippen LogP contribution in [0.1, 0.15) is 46.1 Å². The molecule has 1 heterocycles. The Kier molecular flexibility index (Phi) is 4.33. The fourth-order valence-corrected chi connectivity index (χ4v) is 2.21. The summed E-state index contributed by atoms with van der Waals surface area (Å²) in [6.07, 6.45) is 2.36. The number of hydrogen-bond donors (Lipinski definition) is 0. The molecule has 0 aliphatic carbocycles. The van der Waals surface area contributed by atoms with Gasteiger partial charge >= 0.3 is 0 Å². The molecule has 95 valence electrons. The number of benzene rings is 1. The SMILES string of the molecule is CC1(C)CCC(C)(C)C(c2[c-]cccc2)=N1.[Ir]. The van der Waals surface area contributed by atoms with E-state index in [4.69, 9.17) is 4.99 Å². The monoisotopic (exact) mass is 407 g/mol. The molecule has 0 saturated heterocycles. The minimum Gasteiger partial charge on any atom is -0.331 e. The molecule has 0 aromatic heterocycles. The van der Waals surface area contributed by atoms with E-state index in [1.54, 1.807) is 0 Å². The van der Waals surface area contributed by atoms with E-state index in [-0.39, 0.29) is 31.1 Å². The first kappa shape index (κ1) is 14.6. The predicted molar refractivity (Wildman–Crippen MR) is 68.9 cm³/mol. The quantitative estimate of drug-likeness (QED) is 0.628. The molecule has 1 aromatic carbocycles. The van der Waals surface area contributed by atoms with Crippen LogP contribution in [0.3, 0.4) is 0 Å². The summed E-state index contributed by atoms with van der Waals surface area (Å²) in [7, 11) is 0. The summed E-state index contributed by atoms with van der Waals surface area (Å²) in [5.41, 5.74) is 2.62. The normalized spacial score (nSPS) is 21.3. The molecule has 1 aromatic rings. The molecule has 1 radical (unpaired) electrons. The average molecular weight is 407 g/mol. The van der Waals surface area contributed by atoms with Gasteiger partial charge in [-0.1, -0.05) is 13.8 Å². The number of aliphatic imine (C=N–C) groups is 1. The van der Waals surface area contributed by atoms with E-state index in [1.165, 1.54) is 12.1 Å². The van der Waals surface area contributed by atoms with Crippen LogP contribution in [0.5, 0.6) is 0 Å². The van der Waals surface area contributed by atoms with Crippen molar-refractivity contribution in [2.75, 3.05) is 0 Å². The third kappa shape index (κ3) is 3.26. The van der Waals surface area contributed by atoms with E-state index in [9.17, 15) is 0 Å². The van der Waals surface area contributed by atoms with Gasteiger partial charge in [-0.25, -0.2) is 0 Å². The minimum absolute atomic E-state index is 0. The van der Waals surface area contributed by atoms with Gasteiger partial charge < -0.3 is 4.99 Å². The number of hydrogen-bond acceptors (Lipinski definition) is 1. The Labute approximate surface area is 118 Å². The van der Waals surface area contributed by atoms with Crippen molar-refractivity contribution >= 4 is 5.71 Å². The molecule has 1 aliphatic heterocycles. The number of rotatable bonds is 1. The first-order valence-corrected chi connectivity index (χ1v) is 5.98. The van der Waals surface area contributed by atoms with Crippen molar-refractivity contribution < 1.29 is 20.1 Å². The predicted octanol–water partition coefficient (Wildman–Crippen LogP) is 3.87. The molecule has 0 bridgehead atoms. The third-order valence-electron chi connectivity index (χ3n) is 3.38. The summed E-state index contributed by atoms with van der Waals surface area (Å²) in [4.78, 5) is 4.92. The maximum atomic E-state index is 4.92. The molecule has 0 N–H and O–H groups in total. The van der Waals surface area contributed by atoms with Crippen molar-refractivity contribution in [3.63, 3.8) is 0 Å². The Morgan fingerprint density at radius 3 is 2.41 bits per heavy atom. The Balaban J connectivity index is 0.00000144. The van der Waals surface area contributed by atoms with Crippen LogP contribution in [0.15, 0.2) is 29.3 Å². The summed E-state index contributed by atoms with van der Waals surface area (Å²) < 4.78 is 0. The molecule has 2 rings (SSSR count). The van der Waals surface area contributed by atoms with E-state index in [0.717, 1.165) is 12.0 Å². The van der Waals surface area contributed by atoms with Gasteiger partial charge in [0.1, 0.15) is 0 Å². The van der Waals surface area contributed by atoms with Crippen molar-refractivity contribution in [1.29, 1.82) is 0 Å². The average Bonchev–Trinajstić information content (AvgIpc) is 2.24. The van der Waals surface area contributed by atoms with Gasteiger partial charge in [-0.15, -0.1) is 35.9 Å². The van der Waals surface area contributed by atoms with E-state index in [1.807, 2.05) is 12.1 Å². The Morgan fingerprint density at radius 2 is 1.82 bits per heavy atom. The van der Waals surface area contributed by atoms with Crippen molar-refractivity contribution in [2.45, 2.75) is 46.1 Å². The molecular weight excluding hydrogens is 386 g/mol. The van der Waals surface area contributed by atoms with Crippen LogP contribution in [0, 0.1) is 11.5 Å². The first-order valence-electron chi connectivity index (χ1n) is 5.98. The van der Waals surface area contributed by atoms with Gasteiger partial charge in [-0.2, -0.15) is 0 Å². The standard InChI is InChI=1S/C15H20N.Ir/c1-14(2)10-11-15(3,4)16-13(14)12-8-6-5-7-9-12;/h5-8H,10-11H2,1-4H3;/q-1;. The number of nitrogens with zero attached hydrogens (tertiary/aromatic N) is 1. The zero-order valence-electron chi connectivity index (χ0n) is 11.0. The van der Waals surface area contributed by atoms with Crippen molar-refractivity contribution in [1.82, 2.24) is 0 Å². The second-order valence-corrected chi connectivity index (χ2v) is 5.93. The summed E-state index contributed by atoms with van der Waals surface area (Å²) in [5.74, 6) is 0. The smallest absolute Gasteiger partial charge is 0.0449 e. The van der Waals surface area contributed by atoms with Crippen LogP contribution in [0.4, 0.5) is 0 Å². The fourth-order valence-electron chi connectivity index (χ4n) is 2.21. The summed E-state index contributed by atoms with van der Waals surface area (Å²) in [5, 5.41) is 0. The minimum atomic E-state index is 0. The van der Waals surface area contributed by atoms with Gasteiger partial charge in [-0.05, 0) is 37.8 Å². The van der Waals surface area contributed by atoms with Crippen LogP contribution in [-0.2, 0) is 20.1 Å². The molecule has 0 amide bonds.